The van der Waals surface area contributed by atoms with Crippen molar-refractivity contribution in [3.05, 3.63) is 23.8 Å². The first-order chi connectivity index (χ1) is 8.65. The number of ether oxygens (including phenoxy) is 1. The maximum atomic E-state index is 11.4. The molecule has 0 heterocycles. The van der Waals surface area contributed by atoms with Gasteiger partial charge in [0.15, 0.2) is 0 Å². The molecule has 5 nitrogen and oxygen atoms in total. The van der Waals surface area contributed by atoms with Crippen LogP contribution in [-0.2, 0) is 14.8 Å². The molecule has 1 rings (SSSR count). The quantitative estimate of drug-likeness (QED) is 0.836. The fourth-order valence-electron chi connectivity index (χ4n) is 1.63. The van der Waals surface area contributed by atoms with Crippen molar-refractivity contribution in [2.24, 2.45) is 5.14 Å². The highest BCUT2D eigenvalue weighted by atomic mass is 32.2. The van der Waals surface area contributed by atoms with Gasteiger partial charge in [-0.15, -0.1) is 0 Å². The number of nitrogens with one attached hydrogen (secondary N) is 1. The van der Waals surface area contributed by atoms with Crippen LogP contribution in [0.25, 0.3) is 0 Å². The van der Waals surface area contributed by atoms with Crippen LogP contribution in [0, 0.1) is 6.92 Å². The Morgan fingerprint density at radius 2 is 2.00 bits per heavy atom. The highest BCUT2D eigenvalue weighted by Gasteiger charge is 2.16. The Balaban J connectivity index is 2.77. The van der Waals surface area contributed by atoms with Crippen LogP contribution >= 0.6 is 0 Å². The molecule has 19 heavy (non-hydrogen) atoms. The van der Waals surface area contributed by atoms with E-state index in [-0.39, 0.29) is 10.5 Å². The smallest absolute Gasteiger partial charge is 0.238 e. The minimum atomic E-state index is -3.68. The van der Waals surface area contributed by atoms with Crippen molar-refractivity contribution in [1.29, 1.82) is 0 Å². The molecule has 0 aliphatic heterocycles. The van der Waals surface area contributed by atoms with Gasteiger partial charge in [0.1, 0.15) is 0 Å². The minimum Gasteiger partial charge on any atom is -0.385 e. The number of anilines is 1. The lowest BCUT2D eigenvalue weighted by Gasteiger charge is -2.23. The van der Waals surface area contributed by atoms with E-state index in [4.69, 9.17) is 9.88 Å². The van der Waals surface area contributed by atoms with E-state index in [1.54, 1.807) is 26.2 Å². The van der Waals surface area contributed by atoms with Crippen molar-refractivity contribution >= 4 is 15.7 Å². The summed E-state index contributed by atoms with van der Waals surface area (Å²) in [5, 5.41) is 8.35. The van der Waals surface area contributed by atoms with Crippen molar-refractivity contribution in [3.8, 4) is 0 Å². The molecule has 0 bridgehead atoms. The highest BCUT2D eigenvalue weighted by molar-refractivity contribution is 7.89. The Bertz CT molecular complexity index is 539. The molecule has 0 fully saturated rings. The van der Waals surface area contributed by atoms with E-state index in [0.29, 0.717) is 12.1 Å². The van der Waals surface area contributed by atoms with Crippen LogP contribution in [0.5, 0.6) is 0 Å². The van der Waals surface area contributed by atoms with Gasteiger partial charge in [0, 0.05) is 19.3 Å². The molecule has 0 aliphatic rings. The molecule has 0 amide bonds. The number of rotatable bonds is 6. The van der Waals surface area contributed by atoms with Gasteiger partial charge in [-0.05, 0) is 44.9 Å². The van der Waals surface area contributed by atoms with Crippen LogP contribution in [0.3, 0.4) is 0 Å². The van der Waals surface area contributed by atoms with Crippen molar-refractivity contribution < 1.29 is 13.2 Å². The Labute approximate surface area is 115 Å². The first-order valence-electron chi connectivity index (χ1n) is 6.08. The Kier molecular flexibility index (Phi) is 4.95. The summed E-state index contributed by atoms with van der Waals surface area (Å²) in [5.74, 6) is 0. The van der Waals surface area contributed by atoms with E-state index in [2.05, 4.69) is 5.32 Å². The van der Waals surface area contributed by atoms with Crippen LogP contribution in [0.4, 0.5) is 5.69 Å². The fraction of sp³-hybridized carbons (Fsp3) is 0.538. The molecule has 108 valence electrons. The maximum Gasteiger partial charge on any atom is 0.238 e. The second kappa shape index (κ2) is 5.90. The van der Waals surface area contributed by atoms with Gasteiger partial charge in [0.2, 0.25) is 10.0 Å². The summed E-state index contributed by atoms with van der Waals surface area (Å²) < 4.78 is 28.1. The summed E-state index contributed by atoms with van der Waals surface area (Å²) in [5.41, 5.74) is 1.17. The van der Waals surface area contributed by atoms with Crippen molar-refractivity contribution in [1.82, 2.24) is 0 Å². The molecule has 1 aromatic rings. The topological polar surface area (TPSA) is 81.4 Å². The standard InChI is InChI=1S/C13H22N2O3S/c1-10-5-6-11(9-12(10)19(14,16)17)15-8-7-13(2,3)18-4/h5-6,9,15H,7-8H2,1-4H3,(H2,14,16,17). The third-order valence-corrected chi connectivity index (χ3v) is 4.16. The lowest BCUT2D eigenvalue weighted by molar-refractivity contribution is 0.0185. The second-order valence-electron chi connectivity index (χ2n) is 5.17. The zero-order valence-electron chi connectivity index (χ0n) is 11.9. The molecule has 6 heteroatoms. The summed E-state index contributed by atoms with van der Waals surface area (Å²) in [6.07, 6.45) is 0.808. The Morgan fingerprint density at radius 1 is 1.37 bits per heavy atom. The lowest BCUT2D eigenvalue weighted by atomic mass is 10.1. The minimum absolute atomic E-state index is 0.156. The van der Waals surface area contributed by atoms with Crippen LogP contribution in [0.15, 0.2) is 23.1 Å². The van der Waals surface area contributed by atoms with E-state index in [1.165, 1.54) is 0 Å². The van der Waals surface area contributed by atoms with E-state index in [1.807, 2.05) is 19.9 Å². The van der Waals surface area contributed by atoms with Gasteiger partial charge < -0.3 is 10.1 Å². The van der Waals surface area contributed by atoms with E-state index in [0.717, 1.165) is 12.1 Å². The average molecular weight is 286 g/mol. The average Bonchev–Trinajstić information content (AvgIpc) is 2.30. The summed E-state index contributed by atoms with van der Waals surface area (Å²) in [6.45, 7) is 6.41. The largest absolute Gasteiger partial charge is 0.385 e. The van der Waals surface area contributed by atoms with Crippen LogP contribution in [0.2, 0.25) is 0 Å². The van der Waals surface area contributed by atoms with E-state index >= 15 is 0 Å². The highest BCUT2D eigenvalue weighted by Crippen LogP contribution is 2.20. The molecule has 3 N–H and O–H groups in total. The predicted molar refractivity (Wildman–Crippen MR) is 76.7 cm³/mol. The third kappa shape index (κ3) is 4.81. The van der Waals surface area contributed by atoms with Gasteiger partial charge in [-0.1, -0.05) is 6.07 Å². The normalized spacial score (nSPS) is 12.5. The monoisotopic (exact) mass is 286 g/mol. The molecule has 0 spiro atoms. The van der Waals surface area contributed by atoms with Gasteiger partial charge in [-0.2, -0.15) is 0 Å². The van der Waals surface area contributed by atoms with Gasteiger partial charge in [-0.25, -0.2) is 13.6 Å². The lowest BCUT2D eigenvalue weighted by Crippen LogP contribution is -2.25. The number of benzene rings is 1. The maximum absolute atomic E-state index is 11.4. The first-order valence-corrected chi connectivity index (χ1v) is 7.63. The number of sulfonamides is 1. The molecule has 0 atom stereocenters. The predicted octanol–water partition coefficient (Wildman–Crippen LogP) is 1.87. The molecule has 0 aliphatic carbocycles. The molecule has 0 unspecified atom stereocenters. The van der Waals surface area contributed by atoms with E-state index < -0.39 is 10.0 Å². The van der Waals surface area contributed by atoms with Crippen molar-refractivity contribution in [3.63, 3.8) is 0 Å². The number of nitrogens with two attached hydrogens (primary N) is 1. The van der Waals surface area contributed by atoms with Gasteiger partial charge >= 0.3 is 0 Å². The molecule has 1 aromatic carbocycles. The molecule has 0 saturated carbocycles. The number of methoxy groups -OCH3 is 1. The van der Waals surface area contributed by atoms with Gasteiger partial charge in [-0.3, -0.25) is 0 Å². The Morgan fingerprint density at radius 3 is 2.53 bits per heavy atom. The van der Waals surface area contributed by atoms with Crippen LogP contribution in [0.1, 0.15) is 25.8 Å². The first kappa shape index (κ1) is 15.9. The SMILES string of the molecule is COC(C)(C)CCNc1ccc(C)c(S(N)(=O)=O)c1. The van der Waals surface area contributed by atoms with Gasteiger partial charge in [0.25, 0.3) is 0 Å². The molecule has 0 radical (unpaired) electrons. The zero-order chi connectivity index (χ0) is 14.7. The Hall–Kier alpha value is -1.11. The van der Waals surface area contributed by atoms with Crippen LogP contribution < -0.4 is 10.5 Å². The summed E-state index contributed by atoms with van der Waals surface area (Å²) in [7, 11) is -2.01. The molecular weight excluding hydrogens is 264 g/mol. The molecular formula is C13H22N2O3S. The van der Waals surface area contributed by atoms with Gasteiger partial charge in [0.05, 0.1) is 10.5 Å². The summed E-state index contributed by atoms with van der Waals surface area (Å²) >= 11 is 0. The summed E-state index contributed by atoms with van der Waals surface area (Å²) in [6, 6.07) is 5.14. The number of primary sulfonamides is 1. The summed E-state index contributed by atoms with van der Waals surface area (Å²) in [4.78, 5) is 0.156. The van der Waals surface area contributed by atoms with Crippen molar-refractivity contribution in [2.75, 3.05) is 19.0 Å². The molecule has 0 saturated heterocycles. The second-order valence-corrected chi connectivity index (χ2v) is 6.70. The number of aryl methyl sites for hydroxylation is 1. The molecule has 0 aromatic heterocycles. The zero-order valence-corrected chi connectivity index (χ0v) is 12.7. The number of hydrogen-bond donors (Lipinski definition) is 2. The number of hydrogen-bond acceptors (Lipinski definition) is 4. The van der Waals surface area contributed by atoms with Crippen molar-refractivity contribution in [2.45, 2.75) is 37.7 Å². The third-order valence-electron chi connectivity index (χ3n) is 3.10. The van der Waals surface area contributed by atoms with E-state index in [9.17, 15) is 8.42 Å². The van der Waals surface area contributed by atoms with Crippen LogP contribution in [-0.4, -0.2) is 27.7 Å². The fourth-order valence-corrected chi connectivity index (χ4v) is 2.43.